The van der Waals surface area contributed by atoms with Crippen molar-refractivity contribution in [1.82, 2.24) is 5.32 Å². The van der Waals surface area contributed by atoms with Gasteiger partial charge in [0.15, 0.2) is 0 Å². The Labute approximate surface area is 88.4 Å². The molecule has 2 heteroatoms. The first-order valence-electron chi connectivity index (χ1n) is 5.98. The van der Waals surface area contributed by atoms with Crippen LogP contribution in [-0.4, -0.2) is 25.8 Å². The molecule has 1 aliphatic carbocycles. The first-order chi connectivity index (χ1) is 6.72. The summed E-state index contributed by atoms with van der Waals surface area (Å²) < 4.78 is 5.35. The molecule has 0 aliphatic heterocycles. The van der Waals surface area contributed by atoms with Gasteiger partial charge in [0, 0.05) is 13.2 Å². The largest absolute Gasteiger partial charge is 0.381 e. The van der Waals surface area contributed by atoms with Gasteiger partial charge in [-0.05, 0) is 44.6 Å². The van der Waals surface area contributed by atoms with Crippen LogP contribution in [0.25, 0.3) is 0 Å². The summed E-state index contributed by atoms with van der Waals surface area (Å²) in [6, 6.07) is 0.750. The van der Waals surface area contributed by atoms with Crippen LogP contribution in [0.1, 0.15) is 46.0 Å². The Hall–Kier alpha value is -0.0800. The molecule has 0 aromatic rings. The standard InChI is InChI=1S/C12H25NO/c1-10(2)8-9-13-11-4-6-12(14-3)7-5-11/h10-13H,4-9H2,1-3H3. The van der Waals surface area contributed by atoms with Crippen molar-refractivity contribution in [3.63, 3.8) is 0 Å². The van der Waals surface area contributed by atoms with Gasteiger partial charge >= 0.3 is 0 Å². The molecule has 0 saturated heterocycles. The molecule has 0 aromatic carbocycles. The van der Waals surface area contributed by atoms with E-state index in [-0.39, 0.29) is 0 Å². The van der Waals surface area contributed by atoms with Crippen LogP contribution >= 0.6 is 0 Å². The summed E-state index contributed by atoms with van der Waals surface area (Å²) in [6.07, 6.45) is 6.86. The van der Waals surface area contributed by atoms with Gasteiger partial charge in [-0.3, -0.25) is 0 Å². The van der Waals surface area contributed by atoms with Crippen molar-refractivity contribution in [2.45, 2.75) is 58.1 Å². The summed E-state index contributed by atoms with van der Waals surface area (Å²) in [5.74, 6) is 0.817. The Kier molecular flexibility index (Phi) is 5.49. The predicted octanol–water partition coefficient (Wildman–Crippen LogP) is 2.58. The number of rotatable bonds is 5. The summed E-state index contributed by atoms with van der Waals surface area (Å²) in [5.41, 5.74) is 0. The Morgan fingerprint density at radius 2 is 1.86 bits per heavy atom. The fourth-order valence-electron chi connectivity index (χ4n) is 2.08. The van der Waals surface area contributed by atoms with E-state index in [1.807, 2.05) is 7.11 Å². The number of hydrogen-bond acceptors (Lipinski definition) is 2. The zero-order chi connectivity index (χ0) is 10.4. The highest BCUT2D eigenvalue weighted by Gasteiger charge is 2.19. The second-order valence-corrected chi connectivity index (χ2v) is 4.85. The molecule has 2 nitrogen and oxygen atoms in total. The van der Waals surface area contributed by atoms with Gasteiger partial charge in [-0.15, -0.1) is 0 Å². The first-order valence-corrected chi connectivity index (χ1v) is 5.98. The van der Waals surface area contributed by atoms with Gasteiger partial charge in [0.05, 0.1) is 6.10 Å². The zero-order valence-corrected chi connectivity index (χ0v) is 9.88. The van der Waals surface area contributed by atoms with Gasteiger partial charge in [-0.2, -0.15) is 0 Å². The van der Waals surface area contributed by atoms with Gasteiger partial charge < -0.3 is 10.1 Å². The average Bonchev–Trinajstić information content (AvgIpc) is 2.18. The highest BCUT2D eigenvalue weighted by atomic mass is 16.5. The summed E-state index contributed by atoms with van der Waals surface area (Å²) in [6.45, 7) is 5.74. The van der Waals surface area contributed by atoms with Crippen LogP contribution in [0.2, 0.25) is 0 Å². The van der Waals surface area contributed by atoms with Gasteiger partial charge in [0.2, 0.25) is 0 Å². The molecule has 1 fully saturated rings. The molecular weight excluding hydrogens is 174 g/mol. The smallest absolute Gasteiger partial charge is 0.0572 e. The third kappa shape index (κ3) is 4.43. The van der Waals surface area contributed by atoms with Crippen LogP contribution in [0.3, 0.4) is 0 Å². The van der Waals surface area contributed by atoms with Crippen LogP contribution in [0.5, 0.6) is 0 Å². The lowest BCUT2D eigenvalue weighted by molar-refractivity contribution is 0.0625. The van der Waals surface area contributed by atoms with Crippen LogP contribution in [-0.2, 0) is 4.74 Å². The number of nitrogens with one attached hydrogen (secondary N) is 1. The minimum atomic E-state index is 0.526. The normalized spacial score (nSPS) is 28.3. The summed E-state index contributed by atoms with van der Waals surface area (Å²) in [7, 11) is 1.83. The van der Waals surface area contributed by atoms with E-state index in [4.69, 9.17) is 4.74 Å². The molecule has 0 bridgehead atoms. The highest BCUT2D eigenvalue weighted by Crippen LogP contribution is 2.20. The van der Waals surface area contributed by atoms with Crippen LogP contribution in [0, 0.1) is 5.92 Å². The molecule has 1 saturated carbocycles. The first kappa shape index (κ1) is 12.0. The van der Waals surface area contributed by atoms with E-state index in [9.17, 15) is 0 Å². The quantitative estimate of drug-likeness (QED) is 0.735. The van der Waals surface area contributed by atoms with Crippen molar-refractivity contribution < 1.29 is 4.74 Å². The SMILES string of the molecule is COC1CCC(NCCC(C)C)CC1. The van der Waals surface area contributed by atoms with Crippen molar-refractivity contribution in [3.8, 4) is 0 Å². The molecule has 0 spiro atoms. The third-order valence-corrected chi connectivity index (χ3v) is 3.16. The van der Waals surface area contributed by atoms with Gasteiger partial charge in [-0.1, -0.05) is 13.8 Å². The summed E-state index contributed by atoms with van der Waals surface area (Å²) >= 11 is 0. The second kappa shape index (κ2) is 6.41. The molecule has 0 radical (unpaired) electrons. The van der Waals surface area contributed by atoms with E-state index in [0.717, 1.165) is 12.0 Å². The number of hydrogen-bond donors (Lipinski definition) is 1. The van der Waals surface area contributed by atoms with E-state index < -0.39 is 0 Å². The topological polar surface area (TPSA) is 21.3 Å². The molecule has 0 unspecified atom stereocenters. The lowest BCUT2D eigenvalue weighted by Gasteiger charge is -2.28. The molecule has 84 valence electrons. The van der Waals surface area contributed by atoms with E-state index in [0.29, 0.717) is 6.10 Å². The molecule has 14 heavy (non-hydrogen) atoms. The van der Waals surface area contributed by atoms with E-state index >= 15 is 0 Å². The maximum absolute atomic E-state index is 5.35. The molecule has 0 heterocycles. The molecule has 1 N–H and O–H groups in total. The Morgan fingerprint density at radius 1 is 1.21 bits per heavy atom. The van der Waals surface area contributed by atoms with Crippen molar-refractivity contribution in [2.75, 3.05) is 13.7 Å². The molecular formula is C12H25NO. The van der Waals surface area contributed by atoms with Crippen LogP contribution < -0.4 is 5.32 Å². The average molecular weight is 199 g/mol. The molecule has 0 aromatic heterocycles. The monoisotopic (exact) mass is 199 g/mol. The number of ether oxygens (including phenoxy) is 1. The minimum Gasteiger partial charge on any atom is -0.381 e. The summed E-state index contributed by atoms with van der Waals surface area (Å²) in [5, 5.41) is 3.64. The maximum atomic E-state index is 5.35. The summed E-state index contributed by atoms with van der Waals surface area (Å²) in [4.78, 5) is 0. The van der Waals surface area contributed by atoms with E-state index in [1.54, 1.807) is 0 Å². The minimum absolute atomic E-state index is 0.526. The zero-order valence-electron chi connectivity index (χ0n) is 9.88. The van der Waals surface area contributed by atoms with Crippen molar-refractivity contribution in [2.24, 2.45) is 5.92 Å². The molecule has 0 atom stereocenters. The molecule has 1 aliphatic rings. The van der Waals surface area contributed by atoms with Crippen LogP contribution in [0.15, 0.2) is 0 Å². The van der Waals surface area contributed by atoms with Gasteiger partial charge in [-0.25, -0.2) is 0 Å². The Balaban J connectivity index is 2.04. The number of methoxy groups -OCH3 is 1. The molecule has 1 rings (SSSR count). The highest BCUT2D eigenvalue weighted by molar-refractivity contribution is 4.77. The Morgan fingerprint density at radius 3 is 2.36 bits per heavy atom. The van der Waals surface area contributed by atoms with E-state index in [1.165, 1.54) is 38.6 Å². The fourth-order valence-corrected chi connectivity index (χ4v) is 2.08. The van der Waals surface area contributed by atoms with Crippen LogP contribution in [0.4, 0.5) is 0 Å². The van der Waals surface area contributed by atoms with Gasteiger partial charge in [0.1, 0.15) is 0 Å². The van der Waals surface area contributed by atoms with Gasteiger partial charge in [0.25, 0.3) is 0 Å². The van der Waals surface area contributed by atoms with Crippen molar-refractivity contribution >= 4 is 0 Å². The van der Waals surface area contributed by atoms with E-state index in [2.05, 4.69) is 19.2 Å². The predicted molar refractivity (Wildman–Crippen MR) is 60.5 cm³/mol. The van der Waals surface area contributed by atoms with Crippen molar-refractivity contribution in [3.05, 3.63) is 0 Å². The fraction of sp³-hybridized carbons (Fsp3) is 1.00. The van der Waals surface area contributed by atoms with Crippen molar-refractivity contribution in [1.29, 1.82) is 0 Å². The second-order valence-electron chi connectivity index (χ2n) is 4.85. The molecule has 0 amide bonds. The Bertz CT molecular complexity index is 139. The lowest BCUT2D eigenvalue weighted by Crippen LogP contribution is -2.35. The maximum Gasteiger partial charge on any atom is 0.0572 e. The third-order valence-electron chi connectivity index (χ3n) is 3.16. The lowest BCUT2D eigenvalue weighted by atomic mass is 9.93.